The number of benzene rings is 2. The van der Waals surface area contributed by atoms with Gasteiger partial charge in [-0.05, 0) is 55.2 Å². The third-order valence-electron chi connectivity index (χ3n) is 5.88. The summed E-state index contributed by atoms with van der Waals surface area (Å²) in [5.74, 6) is 0.137. The number of likely N-dealkylation sites (tertiary alicyclic amines) is 1. The Bertz CT molecular complexity index is 1280. The van der Waals surface area contributed by atoms with E-state index in [0.29, 0.717) is 42.5 Å². The van der Waals surface area contributed by atoms with Gasteiger partial charge in [-0.3, -0.25) is 14.9 Å². The van der Waals surface area contributed by atoms with Crippen LogP contribution in [-0.4, -0.2) is 39.4 Å². The zero-order valence-electron chi connectivity index (χ0n) is 19.2. The van der Waals surface area contributed by atoms with Gasteiger partial charge in [-0.15, -0.1) is 0 Å². The molecule has 34 heavy (non-hydrogen) atoms. The van der Waals surface area contributed by atoms with Gasteiger partial charge in [-0.2, -0.15) is 0 Å². The highest BCUT2D eigenvalue weighted by Gasteiger charge is 2.29. The Morgan fingerprint density at radius 1 is 1.15 bits per heavy atom. The first kappa shape index (κ1) is 23.5. The Hall–Kier alpha value is -3.63. The minimum absolute atomic E-state index is 0.0578. The molecule has 0 atom stereocenters. The van der Waals surface area contributed by atoms with E-state index >= 15 is 0 Å². The number of fused-ring (bicyclic) bond motifs is 1. The van der Waals surface area contributed by atoms with Crippen LogP contribution < -0.4 is 5.32 Å². The smallest absolute Gasteiger partial charge is 0.257 e. The number of imidazole rings is 1. The first-order valence-electron chi connectivity index (χ1n) is 11.3. The van der Waals surface area contributed by atoms with E-state index in [0.717, 1.165) is 11.0 Å². The van der Waals surface area contributed by atoms with E-state index in [1.54, 1.807) is 35.2 Å². The van der Waals surface area contributed by atoms with Crippen molar-refractivity contribution in [3.63, 3.8) is 0 Å². The predicted molar refractivity (Wildman–Crippen MR) is 134 cm³/mol. The summed E-state index contributed by atoms with van der Waals surface area (Å²) in [5.41, 5.74) is 2.40. The molecule has 0 aliphatic carbocycles. The van der Waals surface area contributed by atoms with Gasteiger partial charge in [0.15, 0.2) is 0 Å². The number of para-hydroxylation sites is 2. The van der Waals surface area contributed by atoms with Gasteiger partial charge < -0.3 is 9.47 Å². The van der Waals surface area contributed by atoms with Crippen LogP contribution in [0.5, 0.6) is 0 Å². The van der Waals surface area contributed by atoms with Crippen LogP contribution in [0.1, 0.15) is 43.1 Å². The SMILES string of the molecule is [C-]#[N+]/C(=C/C(C)C)C(=O)N1CCC(n2c(NC(=O)c3ccc(Cl)cc3)nc3ccccc32)CC1. The van der Waals surface area contributed by atoms with Crippen LogP contribution in [0.25, 0.3) is 15.9 Å². The van der Waals surface area contributed by atoms with Gasteiger partial charge in [0.25, 0.3) is 11.8 Å². The number of carbonyl (C=O) groups is 2. The monoisotopic (exact) mass is 475 g/mol. The summed E-state index contributed by atoms with van der Waals surface area (Å²) in [6.07, 6.45) is 3.11. The van der Waals surface area contributed by atoms with E-state index in [1.807, 2.05) is 38.1 Å². The van der Waals surface area contributed by atoms with Gasteiger partial charge in [0, 0.05) is 29.7 Å². The van der Waals surface area contributed by atoms with Crippen LogP contribution in [0.3, 0.4) is 0 Å². The van der Waals surface area contributed by atoms with Gasteiger partial charge in [0.1, 0.15) is 0 Å². The summed E-state index contributed by atoms with van der Waals surface area (Å²) < 4.78 is 2.06. The Morgan fingerprint density at radius 2 is 1.82 bits per heavy atom. The molecule has 0 unspecified atom stereocenters. The molecule has 0 spiro atoms. The topological polar surface area (TPSA) is 71.6 Å². The molecule has 0 radical (unpaired) electrons. The highest BCUT2D eigenvalue weighted by atomic mass is 35.5. The van der Waals surface area contributed by atoms with Crippen LogP contribution in [-0.2, 0) is 4.79 Å². The van der Waals surface area contributed by atoms with Crippen LogP contribution >= 0.6 is 11.6 Å². The molecule has 3 aromatic rings. The van der Waals surface area contributed by atoms with Crippen molar-refractivity contribution in [3.8, 4) is 0 Å². The molecule has 1 aliphatic heterocycles. The van der Waals surface area contributed by atoms with Crippen molar-refractivity contribution in [3.05, 3.63) is 82.3 Å². The largest absolute Gasteiger partial charge is 0.348 e. The second-order valence-electron chi connectivity index (χ2n) is 8.69. The number of hydrogen-bond donors (Lipinski definition) is 1. The molecule has 4 rings (SSSR count). The summed E-state index contributed by atoms with van der Waals surface area (Å²) >= 11 is 5.95. The average Bonchev–Trinajstić information content (AvgIpc) is 3.20. The lowest BCUT2D eigenvalue weighted by Gasteiger charge is -2.33. The molecule has 174 valence electrons. The number of anilines is 1. The molecule has 2 amide bonds. The minimum atomic E-state index is -0.263. The molecule has 1 aliphatic rings. The van der Waals surface area contributed by atoms with E-state index in [9.17, 15) is 9.59 Å². The molecule has 2 aromatic carbocycles. The normalized spacial score (nSPS) is 14.9. The summed E-state index contributed by atoms with van der Waals surface area (Å²) in [4.78, 5) is 35.6. The molecule has 8 heteroatoms. The highest BCUT2D eigenvalue weighted by molar-refractivity contribution is 6.30. The van der Waals surface area contributed by atoms with Crippen molar-refractivity contribution in [2.45, 2.75) is 32.7 Å². The molecule has 0 saturated carbocycles. The maximum absolute atomic E-state index is 12.9. The van der Waals surface area contributed by atoms with E-state index in [1.165, 1.54) is 0 Å². The van der Waals surface area contributed by atoms with Crippen molar-refractivity contribution < 1.29 is 9.59 Å². The van der Waals surface area contributed by atoms with Crippen LogP contribution in [0, 0.1) is 12.5 Å². The zero-order chi connectivity index (χ0) is 24.2. The Balaban J connectivity index is 1.56. The van der Waals surface area contributed by atoms with Crippen LogP contribution in [0.4, 0.5) is 5.95 Å². The summed E-state index contributed by atoms with van der Waals surface area (Å²) in [7, 11) is 0. The standard InChI is InChI=1S/C26H26ClN5O2/c1-17(2)16-22(28-3)25(34)31-14-12-20(13-15-31)32-23-7-5-4-6-21(23)29-26(32)30-24(33)18-8-10-19(27)11-9-18/h4-11,16-17,20H,12-15H2,1-2H3,(H,29,30,33)/b22-16+. The van der Waals surface area contributed by atoms with Gasteiger partial charge >= 0.3 is 0 Å². The van der Waals surface area contributed by atoms with E-state index in [-0.39, 0.29) is 29.5 Å². The van der Waals surface area contributed by atoms with Crippen molar-refractivity contribution >= 4 is 40.4 Å². The van der Waals surface area contributed by atoms with Gasteiger partial charge in [-0.1, -0.05) is 43.7 Å². The Labute approximate surface area is 203 Å². The average molecular weight is 476 g/mol. The number of carbonyl (C=O) groups excluding carboxylic acids is 2. The lowest BCUT2D eigenvalue weighted by molar-refractivity contribution is -0.128. The van der Waals surface area contributed by atoms with E-state index < -0.39 is 0 Å². The van der Waals surface area contributed by atoms with E-state index in [2.05, 4.69) is 19.7 Å². The van der Waals surface area contributed by atoms with Crippen molar-refractivity contribution in [2.24, 2.45) is 5.92 Å². The summed E-state index contributed by atoms with van der Waals surface area (Å²) in [6, 6.07) is 14.5. The fourth-order valence-electron chi connectivity index (χ4n) is 4.24. The third-order valence-corrected chi connectivity index (χ3v) is 6.13. The van der Waals surface area contributed by atoms with E-state index in [4.69, 9.17) is 18.2 Å². The number of allylic oxidation sites excluding steroid dienone is 1. The summed E-state index contributed by atoms with van der Waals surface area (Å²) in [6.45, 7) is 12.3. The second kappa shape index (κ2) is 10.1. The molecule has 0 bridgehead atoms. The highest BCUT2D eigenvalue weighted by Crippen LogP contribution is 2.32. The first-order chi connectivity index (χ1) is 16.4. The molecular weight excluding hydrogens is 450 g/mol. The maximum Gasteiger partial charge on any atom is 0.257 e. The van der Waals surface area contributed by atoms with Crippen LogP contribution in [0.2, 0.25) is 5.02 Å². The molecule has 2 heterocycles. The fraction of sp³-hybridized carbons (Fsp3) is 0.308. The van der Waals surface area contributed by atoms with Crippen molar-refractivity contribution in [1.82, 2.24) is 14.5 Å². The zero-order valence-corrected chi connectivity index (χ0v) is 19.9. The molecule has 7 nitrogen and oxygen atoms in total. The maximum atomic E-state index is 12.9. The number of nitrogens with one attached hydrogen (secondary N) is 1. The number of rotatable bonds is 5. The Kier molecular flexibility index (Phi) is 6.99. The number of halogens is 1. The number of amides is 2. The lowest BCUT2D eigenvalue weighted by atomic mass is 10.0. The first-order valence-corrected chi connectivity index (χ1v) is 11.7. The molecule has 1 aromatic heterocycles. The number of piperidine rings is 1. The quantitative estimate of drug-likeness (QED) is 0.387. The van der Waals surface area contributed by atoms with Crippen LogP contribution in [0.15, 0.2) is 60.3 Å². The van der Waals surface area contributed by atoms with Crippen molar-refractivity contribution in [2.75, 3.05) is 18.4 Å². The predicted octanol–water partition coefficient (Wildman–Crippen LogP) is 5.56. The third kappa shape index (κ3) is 4.97. The number of nitrogens with zero attached hydrogens (tertiary/aromatic N) is 4. The summed E-state index contributed by atoms with van der Waals surface area (Å²) in [5, 5.41) is 3.52. The lowest BCUT2D eigenvalue weighted by Crippen LogP contribution is -2.39. The molecule has 1 saturated heterocycles. The Morgan fingerprint density at radius 3 is 2.47 bits per heavy atom. The fourth-order valence-corrected chi connectivity index (χ4v) is 4.36. The second-order valence-corrected chi connectivity index (χ2v) is 9.12. The van der Waals surface area contributed by atoms with Gasteiger partial charge in [0.2, 0.25) is 11.6 Å². The van der Waals surface area contributed by atoms with Gasteiger partial charge in [0.05, 0.1) is 17.6 Å². The molecule has 1 fully saturated rings. The molecular formula is C26H26ClN5O2. The van der Waals surface area contributed by atoms with Crippen molar-refractivity contribution in [1.29, 1.82) is 0 Å². The molecule has 1 N–H and O–H groups in total. The minimum Gasteiger partial charge on any atom is -0.348 e. The van der Waals surface area contributed by atoms with Gasteiger partial charge in [-0.25, -0.2) is 9.83 Å². The number of aromatic nitrogens is 2. The number of hydrogen-bond acceptors (Lipinski definition) is 3.